The summed E-state index contributed by atoms with van der Waals surface area (Å²) >= 11 is 0. The highest BCUT2D eigenvalue weighted by atomic mass is 15.1. The number of rotatable bonds is 4. The number of aromatic nitrogens is 5. The Morgan fingerprint density at radius 2 is 0.696 bits per heavy atom. The van der Waals surface area contributed by atoms with Gasteiger partial charge in [-0.05, 0) is 278 Å². The van der Waals surface area contributed by atoms with E-state index in [1.807, 2.05) is 0 Å². The van der Waals surface area contributed by atoms with Crippen molar-refractivity contribution in [3.8, 4) is 0 Å². The van der Waals surface area contributed by atoms with Crippen molar-refractivity contribution in [3.05, 3.63) is 240 Å². The summed E-state index contributed by atoms with van der Waals surface area (Å²) in [5.74, 6) is 7.70. The summed E-state index contributed by atoms with van der Waals surface area (Å²) < 4.78 is 10.5. The van der Waals surface area contributed by atoms with Gasteiger partial charge in [0.1, 0.15) is 0 Å². The zero-order valence-corrected chi connectivity index (χ0v) is 63.3. The molecule has 0 radical (unpaired) electrons. The van der Waals surface area contributed by atoms with Crippen molar-refractivity contribution in [2.45, 2.75) is 190 Å². The first-order chi connectivity index (χ1) is 49.3. The number of aromatic amines is 1. The molecule has 1 atom stereocenters. The van der Waals surface area contributed by atoms with E-state index >= 15 is 0 Å². The van der Waals surface area contributed by atoms with Gasteiger partial charge in [-0.25, -0.2) is 0 Å². The third kappa shape index (κ3) is 12.4. The Labute approximate surface area is 606 Å². The molecular formula is C97H109N5. The molecule has 522 valence electrons. The second-order valence-electron chi connectivity index (χ2n) is 34.5. The Kier molecular flexibility index (Phi) is 18.0. The number of hydrogen-bond acceptors (Lipinski definition) is 0. The van der Waals surface area contributed by atoms with Gasteiger partial charge >= 0.3 is 0 Å². The van der Waals surface area contributed by atoms with Crippen LogP contribution in [0.15, 0.2) is 212 Å². The molecule has 8 saturated carbocycles. The molecule has 5 aromatic heterocycles. The van der Waals surface area contributed by atoms with Gasteiger partial charge in [-0.3, -0.25) is 0 Å². The van der Waals surface area contributed by atoms with Crippen molar-refractivity contribution in [3.63, 3.8) is 0 Å². The maximum absolute atomic E-state index is 3.41. The zero-order valence-electron chi connectivity index (χ0n) is 63.3. The Bertz CT molecular complexity index is 5520. The monoisotopic (exact) mass is 1340 g/mol. The summed E-state index contributed by atoms with van der Waals surface area (Å²) in [6.07, 6.45) is 17.4. The standard InChI is InChI=1S/2C23H25N.2C17H19N.C13H11N.C4H10/c1-15-6-7-22-20(8-15)19-4-2-3-5-21(19)24(22)23-12-16-9-17(13-23)11-18(10-16)14-23;1-14-6-7-22-20(8-14)19-4-2-3-5-21(19)24(22)23-17-10-15-9-16(12-17)13-18(23)11-15;1-12-9-10-16-14(11-12)13-7-5-6-8-15(13)18(16)17(2,3)4;1-4-13(3)18-16-8-6-5-7-14(16)15-11-12(2)9-10-17(15)18;1-9-6-7-13-11(8-9)10-4-2-3-5-12(10)14-13;1-4(2)3/h2-8,16-18H,9-14H2,1H3;2-8,15-18,23H,9-13H2,1H3;5-11H,1-4H3;5-11,13H,4H2,1-3H3;2-8,14H,1H3;4H,1-3H3. The normalized spacial score (nSPS) is 22.6. The van der Waals surface area contributed by atoms with Gasteiger partial charge in [0.2, 0.25) is 0 Å². The largest absolute Gasteiger partial charge is 0.355 e. The first-order valence-corrected chi connectivity index (χ1v) is 39.2. The second-order valence-corrected chi connectivity index (χ2v) is 34.5. The Balaban J connectivity index is 0.0000000986. The minimum atomic E-state index is 0.0939. The maximum Gasteiger partial charge on any atom is 0.0496 e. The summed E-state index contributed by atoms with van der Waals surface area (Å²) in [6, 6.07) is 79.5. The van der Waals surface area contributed by atoms with Gasteiger partial charge in [-0.15, -0.1) is 0 Å². The van der Waals surface area contributed by atoms with Gasteiger partial charge in [0.15, 0.2) is 0 Å². The third-order valence-electron chi connectivity index (χ3n) is 24.7. The third-order valence-corrected chi connectivity index (χ3v) is 24.7. The van der Waals surface area contributed by atoms with Crippen LogP contribution in [0.2, 0.25) is 0 Å². The summed E-state index contributed by atoms with van der Waals surface area (Å²) in [6.45, 7) is 28.7. The SMILES string of the molecule is CC(C)C.CCC(C)n1c2ccccc2c2cc(C)ccc21.Cc1ccc2[nH]c3ccccc3c2c1.Cc1ccc2c(c1)c1ccccc1n2C(C)(C)C.Cc1ccc2c(c1)c1ccccc1n2C12CC3CC(CC(C3)C1)C2.Cc1ccc2c(c1)c1ccccc1n2C1C2CC3CC(C2)CC1C3. The molecule has 0 aliphatic heterocycles. The van der Waals surface area contributed by atoms with Crippen LogP contribution in [0.25, 0.3) is 109 Å². The minimum absolute atomic E-state index is 0.0939. The van der Waals surface area contributed by atoms with Crippen LogP contribution in [-0.2, 0) is 11.1 Å². The first-order valence-electron chi connectivity index (χ1n) is 39.2. The topological polar surface area (TPSA) is 35.5 Å². The molecule has 8 fully saturated rings. The van der Waals surface area contributed by atoms with Crippen molar-refractivity contribution in [1.82, 2.24) is 23.3 Å². The highest BCUT2D eigenvalue weighted by Gasteiger charge is 2.53. The number of fused-ring (bicyclic) bond motifs is 15. The fraction of sp³-hybridized carbons (Fsp3) is 0.381. The number of hydrogen-bond donors (Lipinski definition) is 1. The molecule has 0 spiro atoms. The molecule has 0 amide bonds. The molecule has 1 unspecified atom stereocenters. The predicted molar refractivity (Wildman–Crippen MR) is 440 cm³/mol. The fourth-order valence-corrected chi connectivity index (χ4v) is 21.2. The molecule has 8 bridgehead atoms. The van der Waals surface area contributed by atoms with Crippen LogP contribution in [-0.4, -0.2) is 23.3 Å². The lowest BCUT2D eigenvalue weighted by atomic mass is 9.53. The molecule has 5 nitrogen and oxygen atoms in total. The predicted octanol–water partition coefficient (Wildman–Crippen LogP) is 27.4. The van der Waals surface area contributed by atoms with E-state index in [0.717, 1.165) is 59.8 Å². The van der Waals surface area contributed by atoms with E-state index in [9.17, 15) is 0 Å². The number of para-hydroxylation sites is 5. The molecule has 0 saturated heterocycles. The number of nitrogens with one attached hydrogen (secondary N) is 1. The van der Waals surface area contributed by atoms with Crippen molar-refractivity contribution >= 4 is 109 Å². The number of aryl methyl sites for hydroxylation is 5. The summed E-state index contributed by atoms with van der Waals surface area (Å²) in [5.41, 5.74) is 20.9. The van der Waals surface area contributed by atoms with E-state index < -0.39 is 0 Å². The van der Waals surface area contributed by atoms with Crippen LogP contribution < -0.4 is 0 Å². The van der Waals surface area contributed by atoms with Crippen LogP contribution in [0.4, 0.5) is 0 Å². The second kappa shape index (κ2) is 27.1. The molecule has 102 heavy (non-hydrogen) atoms. The molecule has 15 aromatic rings. The van der Waals surface area contributed by atoms with Crippen molar-refractivity contribution < 1.29 is 0 Å². The van der Waals surface area contributed by atoms with E-state index in [2.05, 4.69) is 326 Å². The van der Waals surface area contributed by atoms with E-state index in [1.54, 1.807) is 0 Å². The number of benzene rings is 10. The Hall–Kier alpha value is -8.80. The van der Waals surface area contributed by atoms with Crippen molar-refractivity contribution in [1.29, 1.82) is 0 Å². The lowest BCUT2D eigenvalue weighted by Crippen LogP contribution is -2.51. The first kappa shape index (κ1) is 67.7. The molecule has 10 aromatic carbocycles. The van der Waals surface area contributed by atoms with E-state index in [0.29, 0.717) is 11.6 Å². The van der Waals surface area contributed by atoms with Gasteiger partial charge < -0.3 is 23.3 Å². The van der Waals surface area contributed by atoms with E-state index in [-0.39, 0.29) is 5.54 Å². The van der Waals surface area contributed by atoms with E-state index in [4.69, 9.17) is 0 Å². The van der Waals surface area contributed by atoms with Crippen molar-refractivity contribution in [2.75, 3.05) is 0 Å². The summed E-state index contributed by atoms with van der Waals surface area (Å²) in [4.78, 5) is 3.41. The van der Waals surface area contributed by atoms with Crippen molar-refractivity contribution in [2.24, 2.45) is 47.3 Å². The lowest BCUT2D eigenvalue weighted by molar-refractivity contribution is -0.0387. The lowest BCUT2D eigenvalue weighted by Gasteiger charge is -2.57. The highest BCUT2D eigenvalue weighted by Crippen LogP contribution is 2.61. The molecule has 8 aliphatic rings. The number of nitrogens with zero attached hydrogens (tertiary/aromatic N) is 4. The average Bonchev–Trinajstić information content (AvgIpc) is 1.42. The molecule has 1 N–H and O–H groups in total. The van der Waals surface area contributed by atoms with Gasteiger partial charge in [0.05, 0.1) is 0 Å². The van der Waals surface area contributed by atoms with Crippen LogP contribution in [0.3, 0.4) is 0 Å². The van der Waals surface area contributed by atoms with Gasteiger partial charge in [0.25, 0.3) is 0 Å². The van der Waals surface area contributed by atoms with Crippen LogP contribution in [0.1, 0.15) is 172 Å². The smallest absolute Gasteiger partial charge is 0.0496 e. The van der Waals surface area contributed by atoms with Crippen LogP contribution in [0.5, 0.6) is 0 Å². The molecular weight excluding hydrogens is 1240 g/mol. The zero-order chi connectivity index (χ0) is 70.5. The summed E-state index contributed by atoms with van der Waals surface area (Å²) in [7, 11) is 0. The highest BCUT2D eigenvalue weighted by molar-refractivity contribution is 6.12. The molecule has 8 aliphatic carbocycles. The van der Waals surface area contributed by atoms with Gasteiger partial charge in [0, 0.05) is 132 Å². The Morgan fingerprint density at radius 3 is 1.24 bits per heavy atom. The fourth-order valence-electron chi connectivity index (χ4n) is 21.2. The molecule has 23 rings (SSSR count). The Morgan fingerprint density at radius 1 is 0.363 bits per heavy atom. The van der Waals surface area contributed by atoms with Gasteiger partial charge in [-0.1, -0.05) is 177 Å². The van der Waals surface area contributed by atoms with E-state index in [1.165, 1.54) is 207 Å². The molecule has 5 heteroatoms. The number of H-pyrrole nitrogens is 1. The minimum Gasteiger partial charge on any atom is -0.355 e. The van der Waals surface area contributed by atoms with Crippen LogP contribution >= 0.6 is 0 Å². The average molecular weight is 1340 g/mol. The maximum atomic E-state index is 3.41. The van der Waals surface area contributed by atoms with Crippen LogP contribution in [0, 0.1) is 82.0 Å². The molecule has 5 heterocycles. The quantitative estimate of drug-likeness (QED) is 0.182. The summed E-state index contributed by atoms with van der Waals surface area (Å²) in [5, 5.41) is 13.9. The van der Waals surface area contributed by atoms with Gasteiger partial charge in [-0.2, -0.15) is 0 Å².